The van der Waals surface area contributed by atoms with Gasteiger partial charge >= 0.3 is 0 Å². The number of ether oxygens (including phenoxy) is 1. The molecule has 2 aromatic carbocycles. The molecule has 0 saturated carbocycles. The number of fused-ring (bicyclic) bond motifs is 1. The van der Waals surface area contributed by atoms with E-state index < -0.39 is 0 Å². The Labute approximate surface area is 117 Å². The summed E-state index contributed by atoms with van der Waals surface area (Å²) in [4.78, 5) is 0. The third-order valence-corrected chi connectivity index (χ3v) is 3.95. The van der Waals surface area contributed by atoms with Crippen molar-refractivity contribution in [1.29, 1.82) is 0 Å². The quantitative estimate of drug-likeness (QED) is 0.560. The van der Waals surface area contributed by atoms with Crippen molar-refractivity contribution in [2.75, 3.05) is 18.1 Å². The van der Waals surface area contributed by atoms with Gasteiger partial charge in [0.05, 0.1) is 12.5 Å². The lowest BCUT2D eigenvalue weighted by Gasteiger charge is -2.12. The van der Waals surface area contributed by atoms with E-state index in [4.69, 9.17) is 16.3 Å². The molecule has 0 unspecified atom stereocenters. The minimum atomic E-state index is 0.484. The zero-order chi connectivity index (χ0) is 12.8. The smallest absolute Gasteiger partial charge is 0.124 e. The van der Waals surface area contributed by atoms with Crippen LogP contribution in [0.1, 0.15) is 12.5 Å². The number of rotatable bonds is 6. The molecule has 96 valence electrons. The summed E-state index contributed by atoms with van der Waals surface area (Å²) < 4.78 is 5.83. The van der Waals surface area contributed by atoms with Gasteiger partial charge in [0.1, 0.15) is 5.75 Å². The predicted octanol–water partition coefficient (Wildman–Crippen LogP) is 4.71. The van der Waals surface area contributed by atoms with E-state index in [1.807, 2.05) is 30.0 Å². The molecular formula is C15H17ClOS. The van der Waals surface area contributed by atoms with Gasteiger partial charge in [-0.1, -0.05) is 37.3 Å². The van der Waals surface area contributed by atoms with E-state index in [9.17, 15) is 0 Å². The summed E-state index contributed by atoms with van der Waals surface area (Å²) in [5, 5.41) is 2.40. The zero-order valence-corrected chi connectivity index (χ0v) is 12.1. The number of alkyl halides is 1. The van der Waals surface area contributed by atoms with Crippen molar-refractivity contribution >= 4 is 34.1 Å². The molecule has 18 heavy (non-hydrogen) atoms. The van der Waals surface area contributed by atoms with Gasteiger partial charge in [0.15, 0.2) is 0 Å². The van der Waals surface area contributed by atoms with E-state index in [1.54, 1.807) is 0 Å². The van der Waals surface area contributed by atoms with Crippen molar-refractivity contribution in [2.24, 2.45) is 0 Å². The van der Waals surface area contributed by atoms with Crippen LogP contribution in [0.25, 0.3) is 10.8 Å². The lowest BCUT2D eigenvalue weighted by Crippen LogP contribution is -2.02. The molecule has 3 heteroatoms. The second-order valence-electron chi connectivity index (χ2n) is 3.94. The third kappa shape index (κ3) is 3.12. The minimum Gasteiger partial charge on any atom is -0.492 e. The highest BCUT2D eigenvalue weighted by molar-refractivity contribution is 7.99. The molecule has 0 spiro atoms. The molecule has 2 rings (SSSR count). The Bertz CT molecular complexity index is 513. The molecule has 2 aromatic rings. The third-order valence-electron chi connectivity index (χ3n) is 2.82. The molecule has 0 aliphatic heterocycles. The van der Waals surface area contributed by atoms with E-state index in [0.717, 1.165) is 29.4 Å². The van der Waals surface area contributed by atoms with Crippen LogP contribution in [0.2, 0.25) is 0 Å². The van der Waals surface area contributed by atoms with Crippen molar-refractivity contribution < 1.29 is 4.74 Å². The molecule has 0 aliphatic carbocycles. The lowest BCUT2D eigenvalue weighted by molar-refractivity contribution is 0.342. The van der Waals surface area contributed by atoms with Crippen molar-refractivity contribution in [2.45, 2.75) is 12.8 Å². The minimum absolute atomic E-state index is 0.484. The lowest BCUT2D eigenvalue weighted by atomic mass is 10.0. The number of hydrogen-bond donors (Lipinski definition) is 0. The van der Waals surface area contributed by atoms with E-state index >= 15 is 0 Å². The Balaban J connectivity index is 2.22. The normalized spacial score (nSPS) is 10.8. The standard InChI is InChI=1S/C15H17ClOS/c1-2-18-10-9-17-15-8-7-12-5-3-4-6-13(12)14(15)11-16/h3-8H,2,9-11H2,1H3. The molecule has 0 heterocycles. The van der Waals surface area contributed by atoms with Crippen molar-refractivity contribution in [3.8, 4) is 5.75 Å². The maximum atomic E-state index is 6.07. The maximum absolute atomic E-state index is 6.07. The van der Waals surface area contributed by atoms with Crippen LogP contribution in [0.4, 0.5) is 0 Å². The van der Waals surface area contributed by atoms with Gasteiger partial charge in [0, 0.05) is 11.3 Å². The van der Waals surface area contributed by atoms with E-state index in [0.29, 0.717) is 5.88 Å². The highest BCUT2D eigenvalue weighted by atomic mass is 35.5. The number of hydrogen-bond acceptors (Lipinski definition) is 2. The molecule has 0 radical (unpaired) electrons. The van der Waals surface area contributed by atoms with Crippen LogP contribution in [-0.2, 0) is 5.88 Å². The van der Waals surface area contributed by atoms with Crippen LogP contribution in [-0.4, -0.2) is 18.1 Å². The Hall–Kier alpha value is -0.860. The van der Waals surface area contributed by atoms with Gasteiger partial charge in [-0.25, -0.2) is 0 Å². The summed E-state index contributed by atoms with van der Waals surface area (Å²) in [6.07, 6.45) is 0. The van der Waals surface area contributed by atoms with Gasteiger partial charge in [-0.05, 0) is 22.6 Å². The van der Waals surface area contributed by atoms with Gasteiger partial charge in [-0.3, -0.25) is 0 Å². The maximum Gasteiger partial charge on any atom is 0.124 e. The number of benzene rings is 2. The first-order valence-corrected chi connectivity index (χ1v) is 7.83. The average molecular weight is 281 g/mol. The first kappa shape index (κ1) is 13.6. The van der Waals surface area contributed by atoms with E-state index in [-0.39, 0.29) is 0 Å². The second-order valence-corrected chi connectivity index (χ2v) is 5.60. The first-order valence-electron chi connectivity index (χ1n) is 6.14. The highest BCUT2D eigenvalue weighted by Crippen LogP contribution is 2.29. The Morgan fingerprint density at radius 3 is 2.78 bits per heavy atom. The summed E-state index contributed by atoms with van der Waals surface area (Å²) >= 11 is 7.95. The van der Waals surface area contributed by atoms with Gasteiger partial charge in [-0.2, -0.15) is 11.8 Å². The van der Waals surface area contributed by atoms with Crippen molar-refractivity contribution in [1.82, 2.24) is 0 Å². The van der Waals surface area contributed by atoms with E-state index in [2.05, 4.69) is 25.1 Å². The van der Waals surface area contributed by atoms with Crippen molar-refractivity contribution in [3.63, 3.8) is 0 Å². The number of halogens is 1. The van der Waals surface area contributed by atoms with Crippen LogP contribution in [0.5, 0.6) is 5.75 Å². The van der Waals surface area contributed by atoms with Gasteiger partial charge in [0.2, 0.25) is 0 Å². The Morgan fingerprint density at radius 1 is 1.17 bits per heavy atom. The average Bonchev–Trinajstić information content (AvgIpc) is 2.43. The Kier molecular flexibility index (Phi) is 5.21. The SMILES string of the molecule is CCSCCOc1ccc2ccccc2c1CCl. The zero-order valence-electron chi connectivity index (χ0n) is 10.5. The highest BCUT2D eigenvalue weighted by Gasteiger charge is 2.07. The molecule has 0 aliphatic rings. The molecular weight excluding hydrogens is 264 g/mol. The second kappa shape index (κ2) is 6.91. The van der Waals surface area contributed by atoms with Crippen LogP contribution in [0.3, 0.4) is 0 Å². The molecule has 0 fully saturated rings. The molecule has 1 nitrogen and oxygen atoms in total. The topological polar surface area (TPSA) is 9.23 Å². The summed E-state index contributed by atoms with van der Waals surface area (Å²) in [6, 6.07) is 12.4. The molecule has 0 N–H and O–H groups in total. The molecule has 0 saturated heterocycles. The van der Waals surface area contributed by atoms with Crippen LogP contribution >= 0.6 is 23.4 Å². The van der Waals surface area contributed by atoms with Gasteiger partial charge < -0.3 is 4.74 Å². The predicted molar refractivity (Wildman–Crippen MR) is 82.0 cm³/mol. The monoisotopic (exact) mass is 280 g/mol. The van der Waals surface area contributed by atoms with E-state index in [1.165, 1.54) is 10.8 Å². The molecule has 0 bridgehead atoms. The largest absolute Gasteiger partial charge is 0.492 e. The molecule has 0 aromatic heterocycles. The Morgan fingerprint density at radius 2 is 2.00 bits per heavy atom. The van der Waals surface area contributed by atoms with Crippen LogP contribution in [0, 0.1) is 0 Å². The van der Waals surface area contributed by atoms with Crippen molar-refractivity contribution in [3.05, 3.63) is 42.0 Å². The summed E-state index contributed by atoms with van der Waals surface area (Å²) in [7, 11) is 0. The van der Waals surface area contributed by atoms with Crippen LogP contribution in [0.15, 0.2) is 36.4 Å². The van der Waals surface area contributed by atoms with Crippen LogP contribution < -0.4 is 4.74 Å². The summed E-state index contributed by atoms with van der Waals surface area (Å²) in [5.41, 5.74) is 1.09. The number of thioether (sulfide) groups is 1. The summed E-state index contributed by atoms with van der Waals surface area (Å²) in [5.74, 6) is 3.55. The fourth-order valence-corrected chi connectivity index (χ4v) is 2.71. The fraction of sp³-hybridized carbons (Fsp3) is 0.333. The fourth-order valence-electron chi connectivity index (χ4n) is 1.94. The summed E-state index contributed by atoms with van der Waals surface area (Å²) in [6.45, 7) is 2.89. The van der Waals surface area contributed by atoms with Gasteiger partial charge in [0.25, 0.3) is 0 Å². The first-order chi connectivity index (χ1) is 8.86. The van der Waals surface area contributed by atoms with Gasteiger partial charge in [-0.15, -0.1) is 11.6 Å². The molecule has 0 amide bonds. The molecule has 0 atom stereocenters.